The molecule has 5 nitrogen and oxygen atoms in total. The fourth-order valence-electron chi connectivity index (χ4n) is 3.26. The molecule has 3 heterocycles. The van der Waals surface area contributed by atoms with Crippen LogP contribution in [0.1, 0.15) is 18.7 Å². The zero-order valence-corrected chi connectivity index (χ0v) is 13.3. The van der Waals surface area contributed by atoms with Crippen LogP contribution < -0.4 is 14.4 Å². The number of anilines is 1. The molecule has 2 aliphatic heterocycles. The van der Waals surface area contributed by atoms with Crippen LogP contribution in [0, 0.1) is 0 Å². The van der Waals surface area contributed by atoms with Crippen molar-refractivity contribution >= 4 is 5.69 Å². The number of benzene rings is 1. The van der Waals surface area contributed by atoms with Gasteiger partial charge >= 0.3 is 0 Å². The van der Waals surface area contributed by atoms with Crippen molar-refractivity contribution in [1.29, 1.82) is 0 Å². The highest BCUT2D eigenvalue weighted by molar-refractivity contribution is 5.57. The Balaban J connectivity index is 1.41. The molecule has 1 aromatic carbocycles. The van der Waals surface area contributed by atoms with Crippen molar-refractivity contribution in [1.82, 2.24) is 9.88 Å². The third-order valence-electron chi connectivity index (χ3n) is 4.70. The summed E-state index contributed by atoms with van der Waals surface area (Å²) in [5.41, 5.74) is 2.35. The summed E-state index contributed by atoms with van der Waals surface area (Å²) in [7, 11) is 0. The summed E-state index contributed by atoms with van der Waals surface area (Å²) >= 11 is 0. The monoisotopic (exact) mass is 311 g/mol. The second kappa shape index (κ2) is 6.08. The van der Waals surface area contributed by atoms with Gasteiger partial charge in [0.05, 0.1) is 5.69 Å². The minimum absolute atomic E-state index is 0.328. The molecule has 23 heavy (non-hydrogen) atoms. The molecule has 2 aromatic rings. The second-order valence-electron chi connectivity index (χ2n) is 5.99. The van der Waals surface area contributed by atoms with Crippen LogP contribution in [0.15, 0.2) is 42.6 Å². The lowest BCUT2D eigenvalue weighted by Crippen LogP contribution is -2.47. The van der Waals surface area contributed by atoms with Crippen LogP contribution in [-0.4, -0.2) is 42.9 Å². The van der Waals surface area contributed by atoms with Gasteiger partial charge in [-0.05, 0) is 31.2 Å². The Hall–Kier alpha value is -2.27. The Labute approximate surface area is 136 Å². The Morgan fingerprint density at radius 1 is 1.00 bits per heavy atom. The topological polar surface area (TPSA) is 37.8 Å². The second-order valence-corrected chi connectivity index (χ2v) is 5.99. The summed E-state index contributed by atoms with van der Waals surface area (Å²) in [4.78, 5) is 9.38. The van der Waals surface area contributed by atoms with Gasteiger partial charge in [0, 0.05) is 50.2 Å². The first-order chi connectivity index (χ1) is 11.3. The number of hydrogen-bond acceptors (Lipinski definition) is 5. The minimum Gasteiger partial charge on any atom is -0.454 e. The molecule has 0 amide bonds. The number of aromatic nitrogens is 1. The molecular weight excluding hydrogens is 290 g/mol. The van der Waals surface area contributed by atoms with E-state index in [1.807, 2.05) is 18.3 Å². The molecule has 0 bridgehead atoms. The van der Waals surface area contributed by atoms with Crippen LogP contribution in [-0.2, 0) is 0 Å². The van der Waals surface area contributed by atoms with Gasteiger partial charge in [-0.15, -0.1) is 0 Å². The molecule has 1 aromatic heterocycles. The number of fused-ring (bicyclic) bond motifs is 1. The lowest BCUT2D eigenvalue weighted by Gasteiger charge is -2.39. The maximum atomic E-state index is 5.48. The molecule has 2 aliphatic rings. The fraction of sp³-hybridized carbons (Fsp3) is 0.389. The highest BCUT2D eigenvalue weighted by Crippen LogP contribution is 2.36. The first kappa shape index (κ1) is 14.3. The molecule has 1 unspecified atom stereocenters. The van der Waals surface area contributed by atoms with E-state index < -0.39 is 0 Å². The number of hydrogen-bond donors (Lipinski definition) is 0. The number of piperazine rings is 1. The summed E-state index contributed by atoms with van der Waals surface area (Å²) in [5.74, 6) is 1.70. The molecule has 0 radical (unpaired) electrons. The molecule has 120 valence electrons. The van der Waals surface area contributed by atoms with Crippen molar-refractivity contribution in [3.05, 3.63) is 48.3 Å². The van der Waals surface area contributed by atoms with Crippen LogP contribution in [0.3, 0.4) is 0 Å². The van der Waals surface area contributed by atoms with Crippen molar-refractivity contribution in [2.75, 3.05) is 37.9 Å². The summed E-state index contributed by atoms with van der Waals surface area (Å²) in [6.07, 6.45) is 1.87. The Bertz CT molecular complexity index is 669. The summed E-state index contributed by atoms with van der Waals surface area (Å²) in [6, 6.07) is 12.7. The Morgan fingerprint density at radius 3 is 2.61 bits per heavy atom. The van der Waals surface area contributed by atoms with E-state index in [9.17, 15) is 0 Å². The van der Waals surface area contributed by atoms with E-state index in [0.717, 1.165) is 43.4 Å². The first-order valence-corrected chi connectivity index (χ1v) is 8.11. The minimum atomic E-state index is 0.328. The lowest BCUT2D eigenvalue weighted by molar-refractivity contribution is 0.174. The largest absolute Gasteiger partial charge is 0.454 e. The van der Waals surface area contributed by atoms with Crippen LogP contribution >= 0.6 is 0 Å². The zero-order valence-electron chi connectivity index (χ0n) is 13.3. The number of pyridine rings is 1. The van der Waals surface area contributed by atoms with Gasteiger partial charge in [0.2, 0.25) is 6.79 Å². The average molecular weight is 311 g/mol. The van der Waals surface area contributed by atoms with Crippen LogP contribution in [0.4, 0.5) is 5.69 Å². The number of ether oxygens (including phenoxy) is 2. The molecule has 0 saturated carbocycles. The normalized spacial score (nSPS) is 18.9. The summed E-state index contributed by atoms with van der Waals surface area (Å²) < 4.78 is 10.9. The van der Waals surface area contributed by atoms with Crippen LogP contribution in [0.5, 0.6) is 11.5 Å². The molecule has 0 N–H and O–H groups in total. The van der Waals surface area contributed by atoms with E-state index in [1.54, 1.807) is 0 Å². The third-order valence-corrected chi connectivity index (χ3v) is 4.70. The molecule has 4 rings (SSSR count). The standard InChI is InChI=1S/C18H21N3O2/c1-14(16-4-2-3-7-19-16)20-8-10-21(11-9-20)15-5-6-17-18(12-15)23-13-22-17/h2-7,12,14H,8-11,13H2,1H3. The van der Waals surface area contributed by atoms with Gasteiger partial charge in [-0.25, -0.2) is 0 Å². The third kappa shape index (κ3) is 2.84. The molecule has 0 spiro atoms. The average Bonchev–Trinajstić information content (AvgIpc) is 3.10. The van der Waals surface area contributed by atoms with Crippen LogP contribution in [0.2, 0.25) is 0 Å². The Morgan fingerprint density at radius 2 is 1.83 bits per heavy atom. The molecule has 1 atom stereocenters. The van der Waals surface area contributed by atoms with Crippen LogP contribution in [0.25, 0.3) is 0 Å². The van der Waals surface area contributed by atoms with Crippen molar-refractivity contribution < 1.29 is 9.47 Å². The van der Waals surface area contributed by atoms with Crippen molar-refractivity contribution in [2.24, 2.45) is 0 Å². The summed E-state index contributed by atoms with van der Waals surface area (Å²) in [5, 5.41) is 0. The van der Waals surface area contributed by atoms with Gasteiger partial charge in [0.25, 0.3) is 0 Å². The van der Waals surface area contributed by atoms with E-state index in [0.29, 0.717) is 12.8 Å². The van der Waals surface area contributed by atoms with E-state index >= 15 is 0 Å². The maximum Gasteiger partial charge on any atom is 0.231 e. The molecule has 1 saturated heterocycles. The predicted molar refractivity (Wildman–Crippen MR) is 89.0 cm³/mol. The highest BCUT2D eigenvalue weighted by Gasteiger charge is 2.24. The molecule has 5 heteroatoms. The van der Waals surface area contributed by atoms with E-state index in [-0.39, 0.29) is 0 Å². The van der Waals surface area contributed by atoms with Crippen molar-refractivity contribution in [2.45, 2.75) is 13.0 Å². The van der Waals surface area contributed by atoms with Gasteiger partial charge < -0.3 is 14.4 Å². The van der Waals surface area contributed by atoms with Crippen molar-refractivity contribution in [3.63, 3.8) is 0 Å². The number of rotatable bonds is 3. The lowest BCUT2D eigenvalue weighted by atomic mass is 10.1. The zero-order chi connectivity index (χ0) is 15.6. The van der Waals surface area contributed by atoms with E-state index in [1.165, 1.54) is 5.69 Å². The Kier molecular flexibility index (Phi) is 3.79. The van der Waals surface area contributed by atoms with E-state index in [2.05, 4.69) is 46.0 Å². The highest BCUT2D eigenvalue weighted by atomic mass is 16.7. The maximum absolute atomic E-state index is 5.48. The van der Waals surface area contributed by atoms with Gasteiger partial charge in [0.1, 0.15) is 0 Å². The first-order valence-electron chi connectivity index (χ1n) is 8.11. The molecule has 0 aliphatic carbocycles. The quantitative estimate of drug-likeness (QED) is 0.871. The van der Waals surface area contributed by atoms with Gasteiger partial charge in [-0.1, -0.05) is 6.07 Å². The van der Waals surface area contributed by atoms with E-state index in [4.69, 9.17) is 9.47 Å². The smallest absolute Gasteiger partial charge is 0.231 e. The number of nitrogens with zero attached hydrogens (tertiary/aromatic N) is 3. The fourth-order valence-corrected chi connectivity index (χ4v) is 3.26. The molecular formula is C18H21N3O2. The predicted octanol–water partition coefficient (Wildman–Crippen LogP) is 2.69. The SMILES string of the molecule is CC(c1ccccn1)N1CCN(c2ccc3c(c2)OCO3)CC1. The molecule has 1 fully saturated rings. The van der Waals surface area contributed by atoms with Gasteiger partial charge in [0.15, 0.2) is 11.5 Å². The summed E-state index contributed by atoms with van der Waals surface area (Å²) in [6.45, 7) is 6.65. The van der Waals surface area contributed by atoms with Gasteiger partial charge in [-0.3, -0.25) is 9.88 Å². The van der Waals surface area contributed by atoms with Gasteiger partial charge in [-0.2, -0.15) is 0 Å². The van der Waals surface area contributed by atoms with Crippen molar-refractivity contribution in [3.8, 4) is 11.5 Å².